The number of carboxylic acid groups (broad SMARTS) is 1. The molecule has 3 rings (SSSR count). The van der Waals surface area contributed by atoms with Gasteiger partial charge in [0.05, 0.1) is 6.54 Å². The van der Waals surface area contributed by atoms with Gasteiger partial charge in [0.1, 0.15) is 6.61 Å². The first kappa shape index (κ1) is 17.8. The van der Waals surface area contributed by atoms with E-state index in [2.05, 4.69) is 5.32 Å². The highest BCUT2D eigenvalue weighted by molar-refractivity contribution is 5.79. The SMILES string of the molecule is O=C(NC[C@H](F)[C@@H](F)C(=O)O)OCC1c2ccccc2-c2ccccc21. The molecule has 0 unspecified atom stereocenters. The zero-order chi connectivity index (χ0) is 18.7. The Morgan fingerprint density at radius 1 is 1.04 bits per heavy atom. The standard InChI is InChI=1S/C19H17F2NO4/c20-16(17(21)18(23)24)9-22-19(25)26-10-15-13-7-3-1-5-11(13)12-6-2-4-8-14(12)15/h1-8,15-17H,9-10H2,(H,22,25)(H,23,24)/t16-,17+/m0/s1. The van der Waals surface area contributed by atoms with Crippen LogP contribution in [0.1, 0.15) is 17.0 Å². The van der Waals surface area contributed by atoms with E-state index in [1.54, 1.807) is 0 Å². The largest absolute Gasteiger partial charge is 0.479 e. The fourth-order valence-corrected chi connectivity index (χ4v) is 3.09. The molecule has 136 valence electrons. The van der Waals surface area contributed by atoms with Crippen LogP contribution in [-0.2, 0) is 9.53 Å². The Kier molecular flexibility index (Phi) is 5.16. The number of alkyl halides is 2. The van der Waals surface area contributed by atoms with Gasteiger partial charge in [0.25, 0.3) is 0 Å². The van der Waals surface area contributed by atoms with E-state index in [0.29, 0.717) is 0 Å². The van der Waals surface area contributed by atoms with Crippen LogP contribution in [0.2, 0.25) is 0 Å². The van der Waals surface area contributed by atoms with Crippen LogP contribution in [0.15, 0.2) is 48.5 Å². The molecule has 0 spiro atoms. The molecule has 2 atom stereocenters. The number of alkyl carbamates (subject to hydrolysis) is 1. The lowest BCUT2D eigenvalue weighted by molar-refractivity contribution is -0.145. The van der Waals surface area contributed by atoms with E-state index < -0.39 is 31.0 Å². The molecule has 0 aromatic heterocycles. The maximum Gasteiger partial charge on any atom is 0.407 e. The lowest BCUT2D eigenvalue weighted by Crippen LogP contribution is -2.38. The van der Waals surface area contributed by atoms with Gasteiger partial charge in [0.15, 0.2) is 6.17 Å². The molecule has 0 radical (unpaired) electrons. The van der Waals surface area contributed by atoms with Crippen molar-refractivity contribution < 1.29 is 28.2 Å². The van der Waals surface area contributed by atoms with Crippen molar-refractivity contribution >= 4 is 12.1 Å². The minimum atomic E-state index is -2.69. The summed E-state index contributed by atoms with van der Waals surface area (Å²) in [6.07, 6.45) is -5.95. The van der Waals surface area contributed by atoms with Crippen molar-refractivity contribution in [2.45, 2.75) is 18.3 Å². The highest BCUT2D eigenvalue weighted by Gasteiger charge is 2.30. The van der Waals surface area contributed by atoms with E-state index in [0.717, 1.165) is 22.3 Å². The number of carboxylic acids is 1. The highest BCUT2D eigenvalue weighted by atomic mass is 19.2. The first-order valence-corrected chi connectivity index (χ1v) is 8.09. The van der Waals surface area contributed by atoms with Crippen molar-refractivity contribution in [1.82, 2.24) is 5.32 Å². The number of aliphatic carboxylic acids is 1. The summed E-state index contributed by atoms with van der Waals surface area (Å²) in [6, 6.07) is 15.6. The van der Waals surface area contributed by atoms with Crippen LogP contribution in [0, 0.1) is 0 Å². The molecular weight excluding hydrogens is 344 g/mol. The average Bonchev–Trinajstić information content (AvgIpc) is 2.97. The van der Waals surface area contributed by atoms with E-state index in [4.69, 9.17) is 9.84 Å². The lowest BCUT2D eigenvalue weighted by Gasteiger charge is -2.15. The number of hydrogen-bond donors (Lipinski definition) is 2. The predicted molar refractivity (Wildman–Crippen MR) is 90.5 cm³/mol. The van der Waals surface area contributed by atoms with Gasteiger partial charge >= 0.3 is 12.1 Å². The monoisotopic (exact) mass is 361 g/mol. The van der Waals surface area contributed by atoms with Crippen LogP contribution in [0.5, 0.6) is 0 Å². The molecule has 0 heterocycles. The van der Waals surface area contributed by atoms with E-state index >= 15 is 0 Å². The number of halogens is 2. The molecule has 0 aliphatic heterocycles. The number of benzene rings is 2. The second-order valence-corrected chi connectivity index (χ2v) is 5.96. The van der Waals surface area contributed by atoms with Gasteiger partial charge in [-0.1, -0.05) is 48.5 Å². The molecule has 26 heavy (non-hydrogen) atoms. The molecule has 2 aromatic rings. The number of hydrogen-bond acceptors (Lipinski definition) is 3. The van der Waals surface area contributed by atoms with Gasteiger partial charge in [-0.3, -0.25) is 0 Å². The van der Waals surface area contributed by atoms with E-state index in [9.17, 15) is 18.4 Å². The van der Waals surface area contributed by atoms with Gasteiger partial charge in [0.2, 0.25) is 6.17 Å². The third-order valence-electron chi connectivity index (χ3n) is 4.34. The molecule has 0 bridgehead atoms. The molecule has 0 saturated heterocycles. The molecule has 2 aromatic carbocycles. The van der Waals surface area contributed by atoms with Gasteiger partial charge in [0, 0.05) is 5.92 Å². The van der Waals surface area contributed by atoms with Crippen molar-refractivity contribution in [3.63, 3.8) is 0 Å². The fraction of sp³-hybridized carbons (Fsp3) is 0.263. The third-order valence-corrected chi connectivity index (χ3v) is 4.34. The molecular formula is C19H17F2NO4. The second-order valence-electron chi connectivity index (χ2n) is 5.96. The summed E-state index contributed by atoms with van der Waals surface area (Å²) in [4.78, 5) is 22.1. The highest BCUT2D eigenvalue weighted by Crippen LogP contribution is 2.44. The van der Waals surface area contributed by atoms with Crippen LogP contribution in [0.25, 0.3) is 11.1 Å². The number of rotatable bonds is 6. The van der Waals surface area contributed by atoms with E-state index in [1.165, 1.54) is 0 Å². The first-order chi connectivity index (χ1) is 12.5. The van der Waals surface area contributed by atoms with Gasteiger partial charge in [-0.25, -0.2) is 18.4 Å². The smallest absolute Gasteiger partial charge is 0.407 e. The van der Waals surface area contributed by atoms with Gasteiger partial charge in [-0.05, 0) is 22.3 Å². The number of ether oxygens (including phenoxy) is 1. The molecule has 1 amide bonds. The molecule has 2 N–H and O–H groups in total. The van der Waals surface area contributed by atoms with E-state index in [1.807, 2.05) is 48.5 Å². The summed E-state index contributed by atoms with van der Waals surface area (Å²) in [5.41, 5.74) is 4.20. The van der Waals surface area contributed by atoms with Crippen molar-refractivity contribution in [2.75, 3.05) is 13.2 Å². The number of fused-ring (bicyclic) bond motifs is 3. The Balaban J connectivity index is 1.61. The molecule has 1 aliphatic rings. The molecule has 5 nitrogen and oxygen atoms in total. The van der Waals surface area contributed by atoms with Crippen LogP contribution in [-0.4, -0.2) is 42.7 Å². The maximum absolute atomic E-state index is 13.3. The summed E-state index contributed by atoms with van der Waals surface area (Å²) >= 11 is 0. The Hall–Kier alpha value is -2.96. The predicted octanol–water partition coefficient (Wildman–Crippen LogP) is 3.29. The van der Waals surface area contributed by atoms with Crippen LogP contribution in [0.4, 0.5) is 13.6 Å². The maximum atomic E-state index is 13.3. The first-order valence-electron chi connectivity index (χ1n) is 8.09. The minimum absolute atomic E-state index is 0.0365. The van der Waals surface area contributed by atoms with E-state index in [-0.39, 0.29) is 12.5 Å². The molecule has 0 saturated carbocycles. The Bertz CT molecular complexity index is 781. The number of amides is 1. The fourth-order valence-electron chi connectivity index (χ4n) is 3.09. The lowest BCUT2D eigenvalue weighted by atomic mass is 9.98. The van der Waals surface area contributed by atoms with Crippen molar-refractivity contribution in [3.05, 3.63) is 59.7 Å². The summed E-state index contributed by atoms with van der Waals surface area (Å²) in [5, 5.41) is 10.4. The summed E-state index contributed by atoms with van der Waals surface area (Å²) < 4.78 is 31.4. The van der Waals surface area contributed by atoms with Crippen molar-refractivity contribution in [1.29, 1.82) is 0 Å². The number of nitrogens with one attached hydrogen (secondary N) is 1. The second kappa shape index (κ2) is 7.51. The Morgan fingerprint density at radius 2 is 1.58 bits per heavy atom. The van der Waals surface area contributed by atoms with Crippen molar-refractivity contribution in [2.24, 2.45) is 0 Å². The molecule has 7 heteroatoms. The van der Waals surface area contributed by atoms with Crippen LogP contribution < -0.4 is 5.32 Å². The third kappa shape index (κ3) is 3.51. The van der Waals surface area contributed by atoms with Crippen LogP contribution in [0.3, 0.4) is 0 Å². The molecule has 0 fully saturated rings. The summed E-state index contributed by atoms with van der Waals surface area (Å²) in [6.45, 7) is -0.737. The normalized spacial score (nSPS) is 14.8. The molecule has 1 aliphatic carbocycles. The summed E-state index contributed by atoms with van der Waals surface area (Å²) in [5.74, 6) is -2.06. The number of carbonyl (C=O) groups is 2. The topological polar surface area (TPSA) is 75.6 Å². The Labute approximate surface area is 148 Å². The van der Waals surface area contributed by atoms with Crippen molar-refractivity contribution in [3.8, 4) is 11.1 Å². The average molecular weight is 361 g/mol. The zero-order valence-corrected chi connectivity index (χ0v) is 13.7. The minimum Gasteiger partial charge on any atom is -0.479 e. The zero-order valence-electron chi connectivity index (χ0n) is 13.7. The van der Waals surface area contributed by atoms with Gasteiger partial charge in [-0.15, -0.1) is 0 Å². The van der Waals surface area contributed by atoms with Gasteiger partial charge in [-0.2, -0.15) is 0 Å². The number of carbonyl (C=O) groups excluding carboxylic acids is 1. The summed E-state index contributed by atoms with van der Waals surface area (Å²) in [7, 11) is 0. The quantitative estimate of drug-likeness (QED) is 0.828. The Morgan fingerprint density at radius 3 is 2.12 bits per heavy atom. The van der Waals surface area contributed by atoms with Gasteiger partial charge < -0.3 is 15.2 Å². The van der Waals surface area contributed by atoms with Crippen LogP contribution >= 0.6 is 0 Å².